The molecule has 3 aromatic carbocycles. The van der Waals surface area contributed by atoms with Gasteiger partial charge in [-0.2, -0.15) is 4.98 Å². The number of hydrogen-bond acceptors (Lipinski definition) is 10. The number of aromatic nitrogens is 2. The summed E-state index contributed by atoms with van der Waals surface area (Å²) in [5.41, 5.74) is 4.93. The fourth-order valence-corrected chi connectivity index (χ4v) is 7.66. The first-order valence-corrected chi connectivity index (χ1v) is 18.3. The Kier molecular flexibility index (Phi) is 10.2. The van der Waals surface area contributed by atoms with Crippen molar-refractivity contribution in [2.45, 2.75) is 63.4 Å². The number of carbonyl (C=O) groups excluding carboxylic acids is 2. The van der Waals surface area contributed by atoms with E-state index in [1.54, 1.807) is 51.2 Å². The van der Waals surface area contributed by atoms with Gasteiger partial charge in [0.25, 0.3) is 0 Å². The molecule has 2 aliphatic rings. The molecule has 1 atom stereocenters. The highest BCUT2D eigenvalue weighted by atomic mass is 32.2. The number of nitrogens with zero attached hydrogens (tertiary/aromatic N) is 4. The molecule has 1 unspecified atom stereocenters. The van der Waals surface area contributed by atoms with E-state index < -0.39 is 15.6 Å². The van der Waals surface area contributed by atoms with Crippen molar-refractivity contribution in [2.24, 2.45) is 0 Å². The van der Waals surface area contributed by atoms with Gasteiger partial charge in [-0.25, -0.2) is 18.1 Å². The lowest BCUT2D eigenvalue weighted by Crippen LogP contribution is -2.46. The van der Waals surface area contributed by atoms with Crippen LogP contribution in [-0.2, 0) is 26.2 Å². The van der Waals surface area contributed by atoms with Gasteiger partial charge in [0.05, 0.1) is 10.8 Å². The van der Waals surface area contributed by atoms with Gasteiger partial charge < -0.3 is 15.5 Å². The first-order chi connectivity index (χ1) is 23.8. The van der Waals surface area contributed by atoms with Crippen LogP contribution in [0.1, 0.15) is 56.2 Å². The predicted molar refractivity (Wildman–Crippen MR) is 195 cm³/mol. The third-order valence-corrected chi connectivity index (χ3v) is 10.4. The molecule has 1 aromatic heterocycles. The van der Waals surface area contributed by atoms with Gasteiger partial charge >= 0.3 is 0 Å². The average molecular weight is 697 g/mol. The molecule has 2 fully saturated rings. The molecule has 2 saturated heterocycles. The summed E-state index contributed by atoms with van der Waals surface area (Å²) in [4.78, 5) is 38.0. The van der Waals surface area contributed by atoms with E-state index in [0.29, 0.717) is 30.3 Å². The SMILES string of the molecule is Cc1cnc(Nc2ccc(N3CCN(Cc4cccc(C5CCC(=O)NC5=O)c4)CC3)cc2)nc1Nc1cccc(S(=O)(=O)NC(C)(C)C)c1. The lowest BCUT2D eigenvalue weighted by molar-refractivity contribution is -0.134. The molecule has 4 N–H and O–H groups in total. The molecule has 2 aliphatic heterocycles. The Hall–Kier alpha value is -4.85. The van der Waals surface area contributed by atoms with E-state index in [-0.39, 0.29) is 22.6 Å². The Labute approximate surface area is 293 Å². The van der Waals surface area contributed by atoms with Crippen LogP contribution in [0.25, 0.3) is 0 Å². The molecule has 262 valence electrons. The van der Waals surface area contributed by atoms with Crippen molar-refractivity contribution in [3.63, 3.8) is 0 Å². The summed E-state index contributed by atoms with van der Waals surface area (Å²) in [5.74, 6) is 0.312. The molecule has 4 aromatic rings. The Balaban J connectivity index is 1.03. The van der Waals surface area contributed by atoms with Crippen LogP contribution < -0.4 is 25.6 Å². The monoisotopic (exact) mass is 696 g/mol. The molecule has 12 nitrogen and oxygen atoms in total. The van der Waals surface area contributed by atoms with Crippen LogP contribution in [-0.4, -0.2) is 66.8 Å². The zero-order valence-electron chi connectivity index (χ0n) is 28.9. The number of amides is 2. The number of imide groups is 1. The standard InChI is InChI=1S/C37H44N8O4S/c1-25-23-38-36(42-34(25)39-29-9-6-10-31(22-29)50(48,49)43-37(2,3)4)40-28-11-13-30(14-12-28)45-19-17-44(18-20-45)24-26-7-5-8-27(21-26)32-15-16-33(46)41-35(32)47/h5-14,21-23,32,43H,15-20,24H2,1-4H3,(H,41,46,47)(H2,38,39,40,42). The Bertz CT molecular complexity index is 1970. The molecular weight excluding hydrogens is 653 g/mol. The highest BCUT2D eigenvalue weighted by Gasteiger charge is 2.28. The second kappa shape index (κ2) is 14.6. The summed E-state index contributed by atoms with van der Waals surface area (Å²) in [7, 11) is -3.69. The lowest BCUT2D eigenvalue weighted by Gasteiger charge is -2.36. The van der Waals surface area contributed by atoms with Crippen LogP contribution >= 0.6 is 0 Å². The highest BCUT2D eigenvalue weighted by Crippen LogP contribution is 2.28. The zero-order valence-corrected chi connectivity index (χ0v) is 29.7. The Morgan fingerprint density at radius 3 is 2.36 bits per heavy atom. The van der Waals surface area contributed by atoms with Crippen LogP contribution in [0.5, 0.6) is 0 Å². The van der Waals surface area contributed by atoms with Crippen molar-refractivity contribution in [1.29, 1.82) is 0 Å². The van der Waals surface area contributed by atoms with Crippen LogP contribution in [0.4, 0.5) is 28.8 Å². The van der Waals surface area contributed by atoms with Gasteiger partial charge in [-0.15, -0.1) is 0 Å². The van der Waals surface area contributed by atoms with Gasteiger partial charge in [-0.1, -0.05) is 30.3 Å². The Morgan fingerprint density at radius 1 is 0.900 bits per heavy atom. The zero-order chi connectivity index (χ0) is 35.5. The fourth-order valence-electron chi connectivity index (χ4n) is 6.20. The third-order valence-electron chi connectivity index (χ3n) is 8.68. The maximum Gasteiger partial charge on any atom is 0.241 e. The van der Waals surface area contributed by atoms with Crippen molar-refractivity contribution >= 4 is 50.7 Å². The normalized spacial score (nSPS) is 17.4. The predicted octanol–water partition coefficient (Wildman–Crippen LogP) is 5.19. The largest absolute Gasteiger partial charge is 0.369 e. The summed E-state index contributed by atoms with van der Waals surface area (Å²) in [6.45, 7) is 11.7. The van der Waals surface area contributed by atoms with E-state index in [1.165, 1.54) is 5.56 Å². The number of carbonyl (C=O) groups is 2. The Morgan fingerprint density at radius 2 is 1.64 bits per heavy atom. The van der Waals surface area contributed by atoms with Gasteiger partial charge in [-0.05, 0) is 87.7 Å². The number of anilines is 5. The third kappa shape index (κ3) is 8.84. The number of hydrogen-bond donors (Lipinski definition) is 4. The molecule has 0 radical (unpaired) electrons. The number of piperazine rings is 1. The quantitative estimate of drug-likeness (QED) is 0.163. The maximum atomic E-state index is 12.9. The minimum absolute atomic E-state index is 0.167. The highest BCUT2D eigenvalue weighted by molar-refractivity contribution is 7.89. The number of rotatable bonds is 10. The number of piperidine rings is 1. The minimum atomic E-state index is -3.69. The second-order valence-electron chi connectivity index (χ2n) is 13.9. The van der Waals surface area contributed by atoms with Crippen LogP contribution in [0.15, 0.2) is 83.9 Å². The molecular formula is C37H44N8O4S. The summed E-state index contributed by atoms with van der Waals surface area (Å²) in [6.07, 6.45) is 2.65. The molecule has 3 heterocycles. The van der Waals surface area contributed by atoms with Crippen molar-refractivity contribution in [3.8, 4) is 0 Å². The van der Waals surface area contributed by atoms with Gasteiger partial charge in [-0.3, -0.25) is 19.8 Å². The lowest BCUT2D eigenvalue weighted by atomic mass is 9.89. The van der Waals surface area contributed by atoms with Gasteiger partial charge in [0.2, 0.25) is 27.8 Å². The van der Waals surface area contributed by atoms with Gasteiger partial charge in [0, 0.05) is 73.5 Å². The molecule has 13 heteroatoms. The van der Waals surface area contributed by atoms with Crippen molar-refractivity contribution in [1.82, 2.24) is 24.9 Å². The molecule has 0 spiro atoms. The molecule has 0 aliphatic carbocycles. The molecule has 6 rings (SSSR count). The smallest absolute Gasteiger partial charge is 0.241 e. The van der Waals surface area contributed by atoms with E-state index in [4.69, 9.17) is 0 Å². The van der Waals surface area contributed by atoms with Crippen molar-refractivity contribution in [3.05, 3.63) is 95.7 Å². The van der Waals surface area contributed by atoms with E-state index >= 15 is 0 Å². The van der Waals surface area contributed by atoms with E-state index in [9.17, 15) is 18.0 Å². The number of benzene rings is 3. The molecule has 0 bridgehead atoms. The van der Waals surface area contributed by atoms with E-state index in [2.05, 4.69) is 64.7 Å². The average Bonchev–Trinajstić information content (AvgIpc) is 3.06. The van der Waals surface area contributed by atoms with Gasteiger partial charge in [0.1, 0.15) is 5.82 Å². The number of aryl methyl sites for hydroxylation is 1. The van der Waals surface area contributed by atoms with Crippen LogP contribution in [0, 0.1) is 6.92 Å². The molecule has 0 saturated carbocycles. The topological polar surface area (TPSA) is 149 Å². The van der Waals surface area contributed by atoms with E-state index in [1.807, 2.05) is 31.2 Å². The number of sulfonamides is 1. The van der Waals surface area contributed by atoms with Crippen molar-refractivity contribution in [2.75, 3.05) is 41.7 Å². The van der Waals surface area contributed by atoms with E-state index in [0.717, 1.165) is 55.2 Å². The van der Waals surface area contributed by atoms with Crippen LogP contribution in [0.3, 0.4) is 0 Å². The number of nitrogens with one attached hydrogen (secondary N) is 4. The first-order valence-electron chi connectivity index (χ1n) is 16.8. The van der Waals surface area contributed by atoms with Crippen molar-refractivity contribution < 1.29 is 18.0 Å². The minimum Gasteiger partial charge on any atom is -0.369 e. The molecule has 50 heavy (non-hydrogen) atoms. The van der Waals surface area contributed by atoms with Crippen LogP contribution in [0.2, 0.25) is 0 Å². The van der Waals surface area contributed by atoms with Gasteiger partial charge in [0.15, 0.2) is 0 Å². The fraction of sp³-hybridized carbons (Fsp3) is 0.351. The summed E-state index contributed by atoms with van der Waals surface area (Å²) < 4.78 is 28.4. The summed E-state index contributed by atoms with van der Waals surface area (Å²) in [5, 5.41) is 8.99. The first kappa shape index (κ1) is 35.0. The second-order valence-corrected chi connectivity index (χ2v) is 15.6. The summed E-state index contributed by atoms with van der Waals surface area (Å²) >= 11 is 0. The maximum absolute atomic E-state index is 12.9. The summed E-state index contributed by atoms with van der Waals surface area (Å²) in [6, 6.07) is 23.0. The molecule has 2 amide bonds.